The molecule has 0 bridgehead atoms. The number of hydrogen-bond acceptors (Lipinski definition) is 6. The van der Waals surface area contributed by atoms with Crippen LogP contribution >= 0.6 is 0 Å². The topological polar surface area (TPSA) is 82.4 Å². The normalized spacial score (nSPS) is 12.4. The summed E-state index contributed by atoms with van der Waals surface area (Å²) in [4.78, 5) is 19.1. The smallest absolute Gasteiger partial charge is 0.496 e. The van der Waals surface area contributed by atoms with Gasteiger partial charge in [0.15, 0.2) is 5.69 Å². The van der Waals surface area contributed by atoms with Crippen molar-refractivity contribution in [3.8, 4) is 22.8 Å². The maximum atomic E-state index is 14.0. The van der Waals surface area contributed by atoms with Gasteiger partial charge in [0.05, 0.1) is 31.3 Å². The zero-order valence-corrected chi connectivity index (χ0v) is 24.1. The number of pyridine rings is 1. The lowest BCUT2D eigenvalue weighted by Gasteiger charge is -2.27. The second-order valence-corrected chi connectivity index (χ2v) is 10.1. The molecule has 0 aliphatic carbocycles. The molecule has 1 amide bonds. The third-order valence-corrected chi connectivity index (χ3v) is 6.58. The molecule has 0 aliphatic rings. The number of amides is 1. The van der Waals surface area contributed by atoms with Gasteiger partial charge in [-0.3, -0.25) is 9.78 Å². The number of nitrogens with zero attached hydrogens (tertiary/aromatic N) is 5. The molecule has 4 rings (SSSR count). The number of benzene rings is 2. The lowest BCUT2D eigenvalue weighted by Crippen LogP contribution is -2.37. The summed E-state index contributed by atoms with van der Waals surface area (Å²) in [7, 11) is 1.27. The van der Waals surface area contributed by atoms with E-state index in [1.807, 2.05) is 0 Å². The Hall–Kier alpha value is -4.83. The van der Waals surface area contributed by atoms with E-state index in [1.165, 1.54) is 42.6 Å². The molecule has 8 nitrogen and oxygen atoms in total. The number of rotatable bonds is 9. The summed E-state index contributed by atoms with van der Waals surface area (Å²) in [6.45, 7) is 2.27. The van der Waals surface area contributed by atoms with E-state index < -0.39 is 59.6 Å². The summed E-state index contributed by atoms with van der Waals surface area (Å²) in [5, 5.41) is 7.83. The number of alkyl halides is 9. The van der Waals surface area contributed by atoms with Gasteiger partial charge >= 0.3 is 18.7 Å². The number of methoxy groups -OCH3 is 1. The first-order chi connectivity index (χ1) is 21.4. The number of aromatic nitrogens is 4. The molecule has 46 heavy (non-hydrogen) atoms. The molecule has 4 aromatic rings. The van der Waals surface area contributed by atoms with Crippen molar-refractivity contribution in [3.63, 3.8) is 0 Å². The highest BCUT2D eigenvalue weighted by Crippen LogP contribution is 2.37. The van der Waals surface area contributed by atoms with Crippen molar-refractivity contribution in [1.29, 1.82) is 0 Å². The van der Waals surface area contributed by atoms with Gasteiger partial charge in [-0.05, 0) is 67.9 Å². The number of carbonyl (C=O) groups excluding carboxylic acids is 1. The maximum Gasteiger partial charge on any atom is 0.573 e. The molecule has 0 N–H and O–H groups in total. The van der Waals surface area contributed by atoms with Crippen molar-refractivity contribution in [3.05, 3.63) is 88.9 Å². The molecule has 2 heterocycles. The fraction of sp³-hybridized carbons (Fsp3) is 0.310. The minimum Gasteiger partial charge on any atom is -0.496 e. The first-order valence-electron chi connectivity index (χ1n) is 13.2. The Balaban J connectivity index is 1.79. The standard InChI is InChI=1S/C29H24F9N5O3/c1-16(2)42(15-19-12-22(46-29(36,37)38)4-5-23(19)45-3)26(44)24-25(18-6-8-39-9-7-18)43(41-40-24)14-17-10-20(27(30,31)32)13-21(11-17)28(33,34)35/h4-13,16H,14-15H2,1-3H3. The average molecular weight is 662 g/mol. The van der Waals surface area contributed by atoms with Crippen LogP contribution in [0.3, 0.4) is 0 Å². The van der Waals surface area contributed by atoms with Gasteiger partial charge < -0.3 is 14.4 Å². The SMILES string of the molecule is COc1ccc(OC(F)(F)F)cc1CN(C(=O)c1nnn(Cc2cc(C(F)(F)F)cc(C(F)(F)F)c2)c1-c1ccncc1)C(C)C. The predicted molar refractivity (Wildman–Crippen MR) is 143 cm³/mol. The molecule has 0 fully saturated rings. The molecule has 0 saturated heterocycles. The van der Waals surface area contributed by atoms with E-state index in [1.54, 1.807) is 13.8 Å². The van der Waals surface area contributed by atoms with Crippen LogP contribution in [0.1, 0.15) is 46.6 Å². The van der Waals surface area contributed by atoms with Crippen molar-refractivity contribution < 1.29 is 53.8 Å². The number of ether oxygens (including phenoxy) is 2. The van der Waals surface area contributed by atoms with E-state index in [0.717, 1.165) is 16.8 Å². The van der Waals surface area contributed by atoms with Gasteiger partial charge in [0.25, 0.3) is 5.91 Å². The van der Waals surface area contributed by atoms with Crippen molar-refractivity contribution in [2.45, 2.75) is 51.7 Å². The predicted octanol–water partition coefficient (Wildman–Crippen LogP) is 7.38. The number of halogens is 9. The zero-order chi connectivity index (χ0) is 34.0. The van der Waals surface area contributed by atoms with E-state index in [9.17, 15) is 44.3 Å². The van der Waals surface area contributed by atoms with Gasteiger partial charge in [0.2, 0.25) is 0 Å². The van der Waals surface area contributed by atoms with Crippen molar-refractivity contribution in [2.75, 3.05) is 7.11 Å². The lowest BCUT2D eigenvalue weighted by molar-refractivity contribution is -0.274. The minimum atomic E-state index is -5.09. The van der Waals surface area contributed by atoms with Crippen LogP contribution in [0.25, 0.3) is 11.3 Å². The highest BCUT2D eigenvalue weighted by Gasteiger charge is 2.37. The second-order valence-electron chi connectivity index (χ2n) is 10.1. The molecule has 0 unspecified atom stereocenters. The van der Waals surface area contributed by atoms with Gasteiger partial charge in [0, 0.05) is 29.6 Å². The van der Waals surface area contributed by atoms with Crippen LogP contribution in [0, 0.1) is 0 Å². The number of carbonyl (C=O) groups is 1. The fourth-order valence-electron chi connectivity index (χ4n) is 4.53. The minimum absolute atomic E-state index is 0.00684. The fourth-order valence-corrected chi connectivity index (χ4v) is 4.53. The molecular weight excluding hydrogens is 637 g/mol. The Morgan fingerprint density at radius 3 is 2.02 bits per heavy atom. The quantitative estimate of drug-likeness (QED) is 0.174. The molecule has 2 aromatic carbocycles. The van der Waals surface area contributed by atoms with Gasteiger partial charge in [-0.2, -0.15) is 26.3 Å². The Bertz CT molecular complexity index is 1650. The summed E-state index contributed by atoms with van der Waals surface area (Å²) in [6, 6.07) is 6.63. The summed E-state index contributed by atoms with van der Waals surface area (Å²) in [5.41, 5.74) is -3.48. The van der Waals surface area contributed by atoms with Crippen LogP contribution in [-0.4, -0.2) is 50.3 Å². The molecule has 17 heteroatoms. The average Bonchev–Trinajstić information content (AvgIpc) is 3.37. The molecule has 0 aliphatic heterocycles. The molecule has 0 spiro atoms. The van der Waals surface area contributed by atoms with E-state index in [0.29, 0.717) is 12.1 Å². The van der Waals surface area contributed by atoms with Gasteiger partial charge in [0.1, 0.15) is 17.2 Å². The van der Waals surface area contributed by atoms with Crippen LogP contribution in [0.5, 0.6) is 11.5 Å². The third kappa shape index (κ3) is 8.06. The highest BCUT2D eigenvalue weighted by molar-refractivity contribution is 5.98. The van der Waals surface area contributed by atoms with E-state index in [-0.39, 0.29) is 40.9 Å². The van der Waals surface area contributed by atoms with Crippen LogP contribution in [0.2, 0.25) is 0 Å². The van der Waals surface area contributed by atoms with E-state index >= 15 is 0 Å². The summed E-state index contributed by atoms with van der Waals surface area (Å²) >= 11 is 0. The Morgan fingerprint density at radius 1 is 0.891 bits per heavy atom. The molecule has 246 valence electrons. The van der Waals surface area contributed by atoms with Crippen molar-refractivity contribution >= 4 is 5.91 Å². The largest absolute Gasteiger partial charge is 0.573 e. The lowest BCUT2D eigenvalue weighted by atomic mass is 10.0. The zero-order valence-electron chi connectivity index (χ0n) is 24.1. The summed E-state index contributed by atoms with van der Waals surface area (Å²) in [6.07, 6.45) is -12.5. The van der Waals surface area contributed by atoms with Gasteiger partial charge in [-0.25, -0.2) is 4.68 Å². The maximum absolute atomic E-state index is 14.0. The third-order valence-electron chi connectivity index (χ3n) is 6.58. The van der Waals surface area contributed by atoms with Crippen LogP contribution in [0.15, 0.2) is 60.9 Å². The molecular formula is C29H24F9N5O3. The first-order valence-corrected chi connectivity index (χ1v) is 13.2. The first kappa shape index (κ1) is 34.1. The molecule has 2 aromatic heterocycles. The van der Waals surface area contributed by atoms with E-state index in [2.05, 4.69) is 20.0 Å². The summed E-state index contributed by atoms with van der Waals surface area (Å²) in [5.74, 6) is -1.23. The van der Waals surface area contributed by atoms with Gasteiger partial charge in [-0.1, -0.05) is 5.21 Å². The molecule has 0 saturated carbocycles. The second kappa shape index (κ2) is 12.9. The monoisotopic (exact) mass is 661 g/mol. The van der Waals surface area contributed by atoms with Gasteiger partial charge in [-0.15, -0.1) is 18.3 Å². The Morgan fingerprint density at radius 2 is 1.50 bits per heavy atom. The van der Waals surface area contributed by atoms with Crippen LogP contribution in [0.4, 0.5) is 39.5 Å². The summed E-state index contributed by atoms with van der Waals surface area (Å²) < 4.78 is 130. The van der Waals surface area contributed by atoms with Crippen molar-refractivity contribution in [1.82, 2.24) is 24.9 Å². The Labute approximate surface area is 255 Å². The molecule has 0 radical (unpaired) electrons. The Kier molecular flexibility index (Phi) is 9.54. The van der Waals surface area contributed by atoms with E-state index in [4.69, 9.17) is 4.74 Å². The van der Waals surface area contributed by atoms with Crippen LogP contribution < -0.4 is 9.47 Å². The highest BCUT2D eigenvalue weighted by atomic mass is 19.4. The number of hydrogen-bond donors (Lipinski definition) is 0. The molecule has 0 atom stereocenters. The van der Waals surface area contributed by atoms with Crippen molar-refractivity contribution in [2.24, 2.45) is 0 Å². The van der Waals surface area contributed by atoms with Crippen LogP contribution in [-0.2, 0) is 25.4 Å².